The molecular weight excluding hydrogens is 198 g/mol. The fourth-order valence-electron chi connectivity index (χ4n) is 1.08. The summed E-state index contributed by atoms with van der Waals surface area (Å²) in [5.74, 6) is -0.361. The number of amides is 1. The molecule has 0 heterocycles. The first-order valence-corrected chi connectivity index (χ1v) is 5.65. The van der Waals surface area contributed by atoms with E-state index in [1.165, 1.54) is 0 Å². The molecule has 0 unspecified atom stereocenters. The summed E-state index contributed by atoms with van der Waals surface area (Å²) in [4.78, 5) is 11.0. The topological polar surface area (TPSA) is 43.1 Å². The first-order chi connectivity index (χ1) is 7.72. The SMILES string of the molecule is C/C=C/C=C(\C/C=C/C=C/CCC)C(N)=O. The molecule has 16 heavy (non-hydrogen) atoms. The highest BCUT2D eigenvalue weighted by atomic mass is 16.1. The quantitative estimate of drug-likeness (QED) is 0.518. The Morgan fingerprint density at radius 2 is 1.88 bits per heavy atom. The van der Waals surface area contributed by atoms with Crippen molar-refractivity contribution in [3.63, 3.8) is 0 Å². The Hall–Kier alpha value is -1.57. The fourth-order valence-corrected chi connectivity index (χ4v) is 1.08. The Morgan fingerprint density at radius 1 is 1.19 bits per heavy atom. The van der Waals surface area contributed by atoms with Crippen LogP contribution < -0.4 is 5.73 Å². The molecule has 0 bridgehead atoms. The standard InChI is InChI=1S/C14H21NO/c1-3-5-7-8-9-10-12-13(14(15)16)11-6-4-2/h4,6-11H,3,5,12H2,1-2H3,(H2,15,16)/b6-4+,8-7+,10-9+,13-11+. The molecule has 0 saturated heterocycles. The van der Waals surface area contributed by atoms with Crippen LogP contribution in [0.3, 0.4) is 0 Å². The van der Waals surface area contributed by atoms with Gasteiger partial charge in [-0.25, -0.2) is 0 Å². The lowest BCUT2D eigenvalue weighted by Crippen LogP contribution is -2.13. The molecule has 0 radical (unpaired) electrons. The molecule has 0 saturated carbocycles. The maximum Gasteiger partial charge on any atom is 0.244 e. The van der Waals surface area contributed by atoms with E-state index in [2.05, 4.69) is 13.0 Å². The van der Waals surface area contributed by atoms with E-state index < -0.39 is 0 Å². The third-order valence-electron chi connectivity index (χ3n) is 1.98. The number of primary amides is 1. The Bertz CT molecular complexity index is 309. The van der Waals surface area contributed by atoms with Crippen LogP contribution in [0.1, 0.15) is 33.1 Å². The van der Waals surface area contributed by atoms with E-state index in [-0.39, 0.29) is 5.91 Å². The van der Waals surface area contributed by atoms with Gasteiger partial charge in [0.25, 0.3) is 0 Å². The largest absolute Gasteiger partial charge is 0.366 e. The minimum absolute atomic E-state index is 0.361. The number of unbranched alkanes of at least 4 members (excludes halogenated alkanes) is 1. The summed E-state index contributed by atoms with van der Waals surface area (Å²) < 4.78 is 0. The van der Waals surface area contributed by atoms with Crippen LogP contribution in [0, 0.1) is 0 Å². The van der Waals surface area contributed by atoms with Crippen molar-refractivity contribution in [2.45, 2.75) is 33.1 Å². The molecule has 0 aliphatic rings. The summed E-state index contributed by atoms with van der Waals surface area (Å²) in [5.41, 5.74) is 5.87. The van der Waals surface area contributed by atoms with Gasteiger partial charge in [-0.2, -0.15) is 0 Å². The zero-order valence-electron chi connectivity index (χ0n) is 10.1. The average molecular weight is 219 g/mol. The van der Waals surface area contributed by atoms with Gasteiger partial charge in [0.2, 0.25) is 5.91 Å². The molecule has 0 aliphatic carbocycles. The van der Waals surface area contributed by atoms with Crippen LogP contribution in [0.15, 0.2) is 48.1 Å². The van der Waals surface area contributed by atoms with Gasteiger partial charge in [-0.1, -0.05) is 55.9 Å². The molecule has 0 fully saturated rings. The highest BCUT2D eigenvalue weighted by molar-refractivity contribution is 5.92. The number of carbonyl (C=O) groups excluding carboxylic acids is 1. The van der Waals surface area contributed by atoms with Gasteiger partial charge in [-0.05, 0) is 19.8 Å². The van der Waals surface area contributed by atoms with Gasteiger partial charge in [-0.15, -0.1) is 0 Å². The molecular formula is C14H21NO. The van der Waals surface area contributed by atoms with Crippen LogP contribution in [-0.4, -0.2) is 5.91 Å². The van der Waals surface area contributed by atoms with Crippen molar-refractivity contribution in [1.29, 1.82) is 0 Å². The van der Waals surface area contributed by atoms with Gasteiger partial charge in [0.05, 0.1) is 0 Å². The monoisotopic (exact) mass is 219 g/mol. The maximum atomic E-state index is 11.0. The minimum Gasteiger partial charge on any atom is -0.366 e. The lowest BCUT2D eigenvalue weighted by Gasteiger charge is -1.96. The Morgan fingerprint density at radius 3 is 2.44 bits per heavy atom. The van der Waals surface area contributed by atoms with Crippen molar-refractivity contribution in [3.8, 4) is 0 Å². The summed E-state index contributed by atoms with van der Waals surface area (Å²) in [6.45, 7) is 4.04. The zero-order valence-corrected chi connectivity index (χ0v) is 10.1. The van der Waals surface area contributed by atoms with Gasteiger partial charge in [0, 0.05) is 5.57 Å². The smallest absolute Gasteiger partial charge is 0.244 e. The van der Waals surface area contributed by atoms with Crippen LogP contribution in [0.2, 0.25) is 0 Å². The zero-order chi connectivity index (χ0) is 12.2. The van der Waals surface area contributed by atoms with Crippen LogP contribution in [-0.2, 0) is 4.79 Å². The summed E-state index contributed by atoms with van der Waals surface area (Å²) in [6, 6.07) is 0. The second-order valence-electron chi connectivity index (χ2n) is 3.43. The van der Waals surface area contributed by atoms with Crippen LogP contribution >= 0.6 is 0 Å². The van der Waals surface area contributed by atoms with Gasteiger partial charge in [0.15, 0.2) is 0 Å². The molecule has 2 nitrogen and oxygen atoms in total. The predicted molar refractivity (Wildman–Crippen MR) is 69.9 cm³/mol. The highest BCUT2D eigenvalue weighted by Crippen LogP contribution is 2.02. The van der Waals surface area contributed by atoms with Crippen LogP contribution in [0.4, 0.5) is 0 Å². The number of carbonyl (C=O) groups is 1. The van der Waals surface area contributed by atoms with E-state index in [0.717, 1.165) is 12.8 Å². The molecule has 0 spiro atoms. The second-order valence-corrected chi connectivity index (χ2v) is 3.43. The van der Waals surface area contributed by atoms with Gasteiger partial charge >= 0.3 is 0 Å². The van der Waals surface area contributed by atoms with Crippen LogP contribution in [0.25, 0.3) is 0 Å². The first-order valence-electron chi connectivity index (χ1n) is 5.65. The Labute approximate surface area is 98.2 Å². The van der Waals surface area contributed by atoms with E-state index in [4.69, 9.17) is 5.73 Å². The Kier molecular flexibility index (Phi) is 8.99. The molecule has 0 atom stereocenters. The van der Waals surface area contributed by atoms with Crippen molar-refractivity contribution in [1.82, 2.24) is 0 Å². The van der Waals surface area contributed by atoms with Crippen molar-refractivity contribution >= 4 is 5.91 Å². The second kappa shape index (κ2) is 9.97. The summed E-state index contributed by atoms with van der Waals surface area (Å²) >= 11 is 0. The molecule has 1 amide bonds. The fraction of sp³-hybridized carbons (Fsp3) is 0.357. The number of rotatable bonds is 7. The molecule has 0 aliphatic heterocycles. The van der Waals surface area contributed by atoms with E-state index in [9.17, 15) is 4.79 Å². The normalized spacial score (nSPS) is 13.2. The van der Waals surface area contributed by atoms with Crippen molar-refractivity contribution in [3.05, 3.63) is 48.1 Å². The van der Waals surface area contributed by atoms with Gasteiger partial charge in [-0.3, -0.25) is 4.79 Å². The lowest BCUT2D eigenvalue weighted by molar-refractivity contribution is -0.114. The molecule has 88 valence electrons. The molecule has 2 heteroatoms. The number of nitrogens with two attached hydrogens (primary N) is 1. The average Bonchev–Trinajstić information content (AvgIpc) is 2.26. The van der Waals surface area contributed by atoms with E-state index in [0.29, 0.717) is 12.0 Å². The molecule has 2 N–H and O–H groups in total. The molecule has 0 aromatic rings. The number of allylic oxidation sites excluding steroid dienone is 7. The van der Waals surface area contributed by atoms with Crippen LogP contribution in [0.5, 0.6) is 0 Å². The summed E-state index contributed by atoms with van der Waals surface area (Å²) in [7, 11) is 0. The summed E-state index contributed by atoms with van der Waals surface area (Å²) in [5, 5.41) is 0. The maximum absolute atomic E-state index is 11.0. The third kappa shape index (κ3) is 7.80. The van der Waals surface area contributed by atoms with Crippen molar-refractivity contribution in [2.75, 3.05) is 0 Å². The lowest BCUT2D eigenvalue weighted by atomic mass is 10.1. The predicted octanol–water partition coefficient (Wildman–Crippen LogP) is 3.28. The highest BCUT2D eigenvalue weighted by Gasteiger charge is 1.99. The number of hydrogen-bond donors (Lipinski definition) is 1. The Balaban J connectivity index is 4.17. The molecule has 0 aromatic carbocycles. The minimum atomic E-state index is -0.361. The van der Waals surface area contributed by atoms with E-state index >= 15 is 0 Å². The van der Waals surface area contributed by atoms with Gasteiger partial charge in [0.1, 0.15) is 0 Å². The van der Waals surface area contributed by atoms with Crippen molar-refractivity contribution in [2.24, 2.45) is 5.73 Å². The molecule has 0 rings (SSSR count). The molecule has 0 aromatic heterocycles. The number of hydrogen-bond acceptors (Lipinski definition) is 1. The first kappa shape index (κ1) is 14.4. The van der Waals surface area contributed by atoms with E-state index in [1.807, 2.05) is 37.3 Å². The van der Waals surface area contributed by atoms with E-state index in [1.54, 1.807) is 6.08 Å². The van der Waals surface area contributed by atoms with Crippen molar-refractivity contribution < 1.29 is 4.79 Å². The summed E-state index contributed by atoms with van der Waals surface area (Å²) in [6.07, 6.45) is 16.2. The third-order valence-corrected chi connectivity index (χ3v) is 1.98. The van der Waals surface area contributed by atoms with Gasteiger partial charge < -0.3 is 5.73 Å².